The normalized spacial score (nSPS) is 11.8. The zero-order valence-electron chi connectivity index (χ0n) is 11.0. The Kier molecular flexibility index (Phi) is 5.45. The third-order valence-electron chi connectivity index (χ3n) is 2.53. The molecular formula is C13H20N2O3. The Morgan fingerprint density at radius 2 is 2.17 bits per heavy atom. The fourth-order valence-corrected chi connectivity index (χ4v) is 1.40. The second-order valence-electron chi connectivity index (χ2n) is 3.92. The van der Waals surface area contributed by atoms with Crippen LogP contribution in [0.15, 0.2) is 18.2 Å². The SMILES string of the molecule is CCOc1cc(NC(=O)C(C)CN)ccc1OC. The summed E-state index contributed by atoms with van der Waals surface area (Å²) in [4.78, 5) is 11.7. The summed E-state index contributed by atoms with van der Waals surface area (Å²) in [6.07, 6.45) is 0. The zero-order valence-corrected chi connectivity index (χ0v) is 11.0. The second-order valence-corrected chi connectivity index (χ2v) is 3.92. The molecule has 18 heavy (non-hydrogen) atoms. The number of ether oxygens (including phenoxy) is 2. The number of carbonyl (C=O) groups excluding carboxylic acids is 1. The number of amides is 1. The van der Waals surface area contributed by atoms with Crippen LogP contribution in [0.1, 0.15) is 13.8 Å². The van der Waals surface area contributed by atoms with Gasteiger partial charge in [-0.2, -0.15) is 0 Å². The number of nitrogens with two attached hydrogens (primary N) is 1. The molecule has 1 atom stereocenters. The van der Waals surface area contributed by atoms with Crippen molar-refractivity contribution in [2.24, 2.45) is 11.7 Å². The van der Waals surface area contributed by atoms with Gasteiger partial charge in [0, 0.05) is 24.2 Å². The van der Waals surface area contributed by atoms with Crippen molar-refractivity contribution in [3.8, 4) is 11.5 Å². The van der Waals surface area contributed by atoms with E-state index < -0.39 is 0 Å². The number of carbonyl (C=O) groups is 1. The molecule has 0 aliphatic carbocycles. The van der Waals surface area contributed by atoms with E-state index in [9.17, 15) is 4.79 Å². The Balaban J connectivity index is 2.84. The number of hydrogen-bond acceptors (Lipinski definition) is 4. The summed E-state index contributed by atoms with van der Waals surface area (Å²) in [6.45, 7) is 4.52. The molecular weight excluding hydrogens is 232 g/mol. The van der Waals surface area contributed by atoms with E-state index in [0.29, 0.717) is 30.3 Å². The first-order valence-corrected chi connectivity index (χ1v) is 5.94. The van der Waals surface area contributed by atoms with Crippen molar-refractivity contribution in [2.75, 3.05) is 25.6 Å². The van der Waals surface area contributed by atoms with Crippen molar-refractivity contribution in [3.05, 3.63) is 18.2 Å². The van der Waals surface area contributed by atoms with Crippen molar-refractivity contribution < 1.29 is 14.3 Å². The predicted molar refractivity (Wildman–Crippen MR) is 71.0 cm³/mol. The van der Waals surface area contributed by atoms with Crippen LogP contribution < -0.4 is 20.5 Å². The summed E-state index contributed by atoms with van der Waals surface area (Å²) in [6, 6.07) is 5.26. The van der Waals surface area contributed by atoms with Crippen molar-refractivity contribution in [3.63, 3.8) is 0 Å². The molecule has 1 unspecified atom stereocenters. The average Bonchev–Trinajstić information content (AvgIpc) is 2.38. The molecule has 0 bridgehead atoms. The Bertz CT molecular complexity index is 407. The molecule has 0 aliphatic rings. The smallest absolute Gasteiger partial charge is 0.228 e. The van der Waals surface area contributed by atoms with Gasteiger partial charge in [0.1, 0.15) is 0 Å². The van der Waals surface area contributed by atoms with Gasteiger partial charge >= 0.3 is 0 Å². The summed E-state index contributed by atoms with van der Waals surface area (Å²) in [5.41, 5.74) is 6.12. The average molecular weight is 252 g/mol. The van der Waals surface area contributed by atoms with Gasteiger partial charge in [0.2, 0.25) is 5.91 Å². The van der Waals surface area contributed by atoms with E-state index in [1.54, 1.807) is 32.2 Å². The lowest BCUT2D eigenvalue weighted by Gasteiger charge is -2.13. The first-order chi connectivity index (χ1) is 8.62. The van der Waals surface area contributed by atoms with Gasteiger partial charge < -0.3 is 20.5 Å². The van der Waals surface area contributed by atoms with Crippen molar-refractivity contribution in [1.82, 2.24) is 0 Å². The first-order valence-electron chi connectivity index (χ1n) is 5.94. The van der Waals surface area contributed by atoms with E-state index in [2.05, 4.69) is 5.32 Å². The van der Waals surface area contributed by atoms with E-state index in [-0.39, 0.29) is 11.8 Å². The van der Waals surface area contributed by atoms with E-state index >= 15 is 0 Å². The van der Waals surface area contributed by atoms with Crippen LogP contribution in [0, 0.1) is 5.92 Å². The fourth-order valence-electron chi connectivity index (χ4n) is 1.40. The zero-order chi connectivity index (χ0) is 13.5. The molecule has 5 nitrogen and oxygen atoms in total. The fraction of sp³-hybridized carbons (Fsp3) is 0.462. The minimum Gasteiger partial charge on any atom is -0.493 e. The number of benzene rings is 1. The molecule has 0 heterocycles. The van der Waals surface area contributed by atoms with Crippen molar-refractivity contribution >= 4 is 11.6 Å². The number of hydrogen-bond donors (Lipinski definition) is 2. The molecule has 5 heteroatoms. The molecule has 1 rings (SSSR count). The Morgan fingerprint density at radius 3 is 2.72 bits per heavy atom. The van der Waals surface area contributed by atoms with Gasteiger partial charge in [-0.15, -0.1) is 0 Å². The minimum absolute atomic E-state index is 0.106. The van der Waals surface area contributed by atoms with E-state index in [1.165, 1.54) is 0 Å². The Morgan fingerprint density at radius 1 is 1.44 bits per heavy atom. The number of anilines is 1. The van der Waals surface area contributed by atoms with Crippen LogP contribution in [0.5, 0.6) is 11.5 Å². The largest absolute Gasteiger partial charge is 0.493 e. The predicted octanol–water partition coefficient (Wildman–Crippen LogP) is 1.63. The van der Waals surface area contributed by atoms with Crippen molar-refractivity contribution in [2.45, 2.75) is 13.8 Å². The Hall–Kier alpha value is -1.75. The molecule has 0 aromatic heterocycles. The van der Waals surface area contributed by atoms with Crippen LogP contribution in [0.2, 0.25) is 0 Å². The van der Waals surface area contributed by atoms with Gasteiger partial charge in [0.05, 0.1) is 13.7 Å². The quantitative estimate of drug-likeness (QED) is 0.807. The third kappa shape index (κ3) is 3.63. The van der Waals surface area contributed by atoms with Crippen molar-refractivity contribution in [1.29, 1.82) is 0 Å². The number of rotatable bonds is 6. The van der Waals surface area contributed by atoms with Crippen LogP contribution >= 0.6 is 0 Å². The molecule has 0 aliphatic heterocycles. The first kappa shape index (κ1) is 14.3. The van der Waals surface area contributed by atoms with Gasteiger partial charge in [-0.05, 0) is 19.1 Å². The maximum absolute atomic E-state index is 11.7. The van der Waals surface area contributed by atoms with Crippen LogP contribution in [0.3, 0.4) is 0 Å². The summed E-state index contributed by atoms with van der Waals surface area (Å²) < 4.78 is 10.6. The second kappa shape index (κ2) is 6.86. The summed E-state index contributed by atoms with van der Waals surface area (Å²) in [7, 11) is 1.58. The van der Waals surface area contributed by atoms with Gasteiger partial charge in [-0.1, -0.05) is 6.92 Å². The molecule has 0 saturated heterocycles. The summed E-state index contributed by atoms with van der Waals surface area (Å²) >= 11 is 0. The Labute approximate surface area is 107 Å². The molecule has 1 aromatic rings. The molecule has 1 aromatic carbocycles. The third-order valence-corrected chi connectivity index (χ3v) is 2.53. The summed E-state index contributed by atoms with van der Waals surface area (Å²) in [5, 5.41) is 2.79. The highest BCUT2D eigenvalue weighted by Crippen LogP contribution is 2.30. The molecule has 3 N–H and O–H groups in total. The van der Waals surface area contributed by atoms with Gasteiger partial charge in [-0.25, -0.2) is 0 Å². The molecule has 1 amide bonds. The minimum atomic E-state index is -0.220. The highest BCUT2D eigenvalue weighted by atomic mass is 16.5. The summed E-state index contributed by atoms with van der Waals surface area (Å²) in [5.74, 6) is 0.924. The van der Waals surface area contributed by atoms with Gasteiger partial charge in [0.25, 0.3) is 0 Å². The van der Waals surface area contributed by atoms with Gasteiger partial charge in [-0.3, -0.25) is 4.79 Å². The maximum Gasteiger partial charge on any atom is 0.228 e. The topological polar surface area (TPSA) is 73.6 Å². The van der Waals surface area contributed by atoms with E-state index in [1.807, 2.05) is 6.92 Å². The van der Waals surface area contributed by atoms with E-state index in [4.69, 9.17) is 15.2 Å². The van der Waals surface area contributed by atoms with Gasteiger partial charge in [0.15, 0.2) is 11.5 Å². The molecule has 0 radical (unpaired) electrons. The number of nitrogens with one attached hydrogen (secondary N) is 1. The standard InChI is InChI=1S/C13H20N2O3/c1-4-18-12-7-10(5-6-11(12)17-3)15-13(16)9(2)8-14/h5-7,9H,4,8,14H2,1-3H3,(H,15,16). The molecule has 0 spiro atoms. The highest BCUT2D eigenvalue weighted by Gasteiger charge is 2.12. The van der Waals surface area contributed by atoms with Crippen LogP contribution in [0.4, 0.5) is 5.69 Å². The molecule has 0 fully saturated rings. The lowest BCUT2D eigenvalue weighted by molar-refractivity contribution is -0.119. The van der Waals surface area contributed by atoms with E-state index in [0.717, 1.165) is 0 Å². The van der Waals surface area contributed by atoms with Crippen LogP contribution in [-0.4, -0.2) is 26.2 Å². The van der Waals surface area contributed by atoms with Crippen LogP contribution in [0.25, 0.3) is 0 Å². The maximum atomic E-state index is 11.7. The lowest BCUT2D eigenvalue weighted by atomic mass is 10.1. The molecule has 0 saturated carbocycles. The number of methoxy groups -OCH3 is 1. The highest BCUT2D eigenvalue weighted by molar-refractivity contribution is 5.92. The monoisotopic (exact) mass is 252 g/mol. The van der Waals surface area contributed by atoms with Crippen LogP contribution in [-0.2, 0) is 4.79 Å². The molecule has 100 valence electrons. The lowest BCUT2D eigenvalue weighted by Crippen LogP contribution is -2.26.